The first-order valence-corrected chi connectivity index (χ1v) is 9.25. The number of nitrogens with zero attached hydrogens (tertiary/aromatic N) is 2. The molecule has 4 aromatic rings. The zero-order valence-electron chi connectivity index (χ0n) is 15.4. The largest absolute Gasteiger partial charge is 0.339 e. The predicted molar refractivity (Wildman–Crippen MR) is 109 cm³/mol. The summed E-state index contributed by atoms with van der Waals surface area (Å²) in [6.07, 6.45) is 3.93. The normalized spacial score (nSPS) is 11.2. The highest BCUT2D eigenvalue weighted by molar-refractivity contribution is 5.87. The molecule has 0 saturated carbocycles. The van der Waals surface area contributed by atoms with E-state index >= 15 is 0 Å². The predicted octanol–water partition coefficient (Wildman–Crippen LogP) is 5.49. The Labute approximate surface area is 155 Å². The molecule has 0 amide bonds. The first kappa shape index (κ1) is 16.6. The molecular formula is C24H24N2. The number of benzene rings is 2. The van der Waals surface area contributed by atoms with Gasteiger partial charge < -0.3 is 4.57 Å². The summed E-state index contributed by atoms with van der Waals surface area (Å²) in [5.74, 6) is 0. The third-order valence-electron chi connectivity index (χ3n) is 5.30. The molecule has 2 heterocycles. The average molecular weight is 340 g/mol. The Kier molecular flexibility index (Phi) is 4.57. The summed E-state index contributed by atoms with van der Waals surface area (Å²) in [5.41, 5.74) is 7.86. The van der Waals surface area contributed by atoms with Crippen LogP contribution in [-0.2, 0) is 19.4 Å². The van der Waals surface area contributed by atoms with Gasteiger partial charge in [-0.25, -0.2) is 0 Å². The average Bonchev–Trinajstić information content (AvgIpc) is 2.93. The molecule has 4 rings (SSSR count). The monoisotopic (exact) mass is 340 g/mol. The van der Waals surface area contributed by atoms with Gasteiger partial charge in [0, 0.05) is 23.8 Å². The minimum Gasteiger partial charge on any atom is -0.339 e. The second kappa shape index (κ2) is 7.17. The molecule has 0 atom stereocenters. The van der Waals surface area contributed by atoms with Crippen molar-refractivity contribution in [1.29, 1.82) is 0 Å². The number of aromatic nitrogens is 2. The molecule has 0 saturated heterocycles. The highest BCUT2D eigenvalue weighted by Gasteiger charge is 2.15. The van der Waals surface area contributed by atoms with Gasteiger partial charge in [0.2, 0.25) is 0 Å². The lowest BCUT2D eigenvalue weighted by molar-refractivity contribution is 0.788. The summed E-state index contributed by atoms with van der Waals surface area (Å²) < 4.78 is 2.44. The van der Waals surface area contributed by atoms with Crippen molar-refractivity contribution in [3.8, 4) is 0 Å². The maximum absolute atomic E-state index is 4.76. The Morgan fingerprint density at radius 1 is 0.769 bits per heavy atom. The van der Waals surface area contributed by atoms with Crippen molar-refractivity contribution < 1.29 is 0 Å². The molecule has 0 aliphatic heterocycles. The van der Waals surface area contributed by atoms with E-state index in [1.807, 2.05) is 6.20 Å². The quantitative estimate of drug-likeness (QED) is 0.470. The van der Waals surface area contributed by atoms with Gasteiger partial charge in [0.05, 0.1) is 11.2 Å². The van der Waals surface area contributed by atoms with Crippen molar-refractivity contribution in [3.63, 3.8) is 0 Å². The minimum atomic E-state index is 0.890. The summed E-state index contributed by atoms with van der Waals surface area (Å²) >= 11 is 0. The zero-order valence-corrected chi connectivity index (χ0v) is 15.4. The van der Waals surface area contributed by atoms with Crippen LogP contribution in [-0.4, -0.2) is 9.55 Å². The van der Waals surface area contributed by atoms with Crippen LogP contribution in [0.1, 0.15) is 28.1 Å². The van der Waals surface area contributed by atoms with Crippen molar-refractivity contribution in [1.82, 2.24) is 9.55 Å². The van der Waals surface area contributed by atoms with Crippen LogP contribution in [0.5, 0.6) is 0 Å². The van der Waals surface area contributed by atoms with Crippen LogP contribution in [0.2, 0.25) is 0 Å². The van der Waals surface area contributed by atoms with Crippen LogP contribution in [0.25, 0.3) is 10.9 Å². The van der Waals surface area contributed by atoms with Gasteiger partial charge in [0.25, 0.3) is 0 Å². The van der Waals surface area contributed by atoms with Crippen molar-refractivity contribution >= 4 is 10.9 Å². The van der Waals surface area contributed by atoms with Gasteiger partial charge in [-0.2, -0.15) is 0 Å². The first-order valence-electron chi connectivity index (χ1n) is 9.25. The molecule has 0 unspecified atom stereocenters. The molecule has 2 heteroatoms. The fourth-order valence-corrected chi connectivity index (χ4v) is 3.72. The van der Waals surface area contributed by atoms with E-state index in [0.29, 0.717) is 0 Å². The van der Waals surface area contributed by atoms with Crippen molar-refractivity contribution in [3.05, 3.63) is 101 Å². The molecule has 2 aromatic heterocycles. The smallest absolute Gasteiger partial charge is 0.0707 e. The molecule has 0 N–H and O–H groups in total. The molecule has 0 fully saturated rings. The maximum Gasteiger partial charge on any atom is 0.0707 e. The van der Waals surface area contributed by atoms with E-state index in [2.05, 4.69) is 85.1 Å². The molecule has 130 valence electrons. The van der Waals surface area contributed by atoms with Crippen LogP contribution < -0.4 is 0 Å². The van der Waals surface area contributed by atoms with Crippen molar-refractivity contribution in [2.75, 3.05) is 0 Å². The standard InChI is InChI=1S/C24H24N2/c1-18-19(2)26(17-21-11-7-4-8-12-21)24-22(18)15-16-25-23(24)14-13-20-9-5-3-6-10-20/h3-12,15-16H,13-14,17H2,1-2H3. The lowest BCUT2D eigenvalue weighted by atomic mass is 10.1. The first-order chi connectivity index (χ1) is 12.7. The van der Waals surface area contributed by atoms with E-state index < -0.39 is 0 Å². The van der Waals surface area contributed by atoms with Crippen LogP contribution in [0.4, 0.5) is 0 Å². The molecule has 0 aliphatic rings. The Bertz CT molecular complexity index is 1010. The third-order valence-corrected chi connectivity index (χ3v) is 5.30. The van der Waals surface area contributed by atoms with E-state index in [4.69, 9.17) is 4.98 Å². The summed E-state index contributed by atoms with van der Waals surface area (Å²) in [6.45, 7) is 5.33. The number of hydrogen-bond donors (Lipinski definition) is 0. The van der Waals surface area contributed by atoms with E-state index in [9.17, 15) is 0 Å². The Morgan fingerprint density at radius 3 is 2.12 bits per heavy atom. The number of hydrogen-bond acceptors (Lipinski definition) is 1. The van der Waals surface area contributed by atoms with Crippen molar-refractivity contribution in [2.24, 2.45) is 0 Å². The van der Waals surface area contributed by atoms with E-state index in [1.165, 1.54) is 39.0 Å². The summed E-state index contributed by atoms with van der Waals surface area (Å²) in [6, 6.07) is 23.5. The fourth-order valence-electron chi connectivity index (χ4n) is 3.72. The van der Waals surface area contributed by atoms with Crippen LogP contribution in [0.3, 0.4) is 0 Å². The Balaban J connectivity index is 1.75. The van der Waals surface area contributed by atoms with Crippen molar-refractivity contribution in [2.45, 2.75) is 33.2 Å². The second-order valence-electron chi connectivity index (χ2n) is 6.92. The lowest BCUT2D eigenvalue weighted by Crippen LogP contribution is -2.05. The molecular weight excluding hydrogens is 316 g/mol. The van der Waals surface area contributed by atoms with Gasteiger partial charge >= 0.3 is 0 Å². The molecule has 0 bridgehead atoms. The summed E-state index contributed by atoms with van der Waals surface area (Å²) in [4.78, 5) is 4.76. The van der Waals surface area contributed by atoms with Gasteiger partial charge in [0.1, 0.15) is 0 Å². The lowest BCUT2D eigenvalue weighted by Gasteiger charge is -2.11. The Hall–Kier alpha value is -2.87. The van der Waals surface area contributed by atoms with E-state index in [0.717, 1.165) is 19.4 Å². The van der Waals surface area contributed by atoms with Crippen LogP contribution >= 0.6 is 0 Å². The Morgan fingerprint density at radius 2 is 1.42 bits per heavy atom. The van der Waals surface area contributed by atoms with Gasteiger partial charge in [-0.05, 0) is 49.4 Å². The maximum atomic E-state index is 4.76. The fraction of sp³-hybridized carbons (Fsp3) is 0.208. The third kappa shape index (κ3) is 3.15. The number of pyridine rings is 1. The van der Waals surface area contributed by atoms with Gasteiger partial charge in [-0.3, -0.25) is 4.98 Å². The molecule has 2 nitrogen and oxygen atoms in total. The minimum absolute atomic E-state index is 0.890. The molecule has 0 spiro atoms. The zero-order chi connectivity index (χ0) is 17.9. The second-order valence-corrected chi connectivity index (χ2v) is 6.92. The molecule has 26 heavy (non-hydrogen) atoms. The van der Waals surface area contributed by atoms with E-state index in [1.54, 1.807) is 0 Å². The van der Waals surface area contributed by atoms with Crippen LogP contribution in [0.15, 0.2) is 72.9 Å². The molecule has 0 radical (unpaired) electrons. The van der Waals surface area contributed by atoms with Gasteiger partial charge in [-0.15, -0.1) is 0 Å². The SMILES string of the molecule is Cc1c(C)n(Cc2ccccc2)c2c(CCc3ccccc3)nccc12. The number of rotatable bonds is 5. The van der Waals surface area contributed by atoms with Crippen LogP contribution in [0, 0.1) is 13.8 Å². The highest BCUT2D eigenvalue weighted by Crippen LogP contribution is 2.28. The summed E-state index contributed by atoms with van der Waals surface area (Å²) in [7, 11) is 0. The molecule has 2 aromatic carbocycles. The number of aryl methyl sites for hydroxylation is 3. The topological polar surface area (TPSA) is 17.8 Å². The number of fused-ring (bicyclic) bond motifs is 1. The highest BCUT2D eigenvalue weighted by atomic mass is 15.0. The van der Waals surface area contributed by atoms with Gasteiger partial charge in [-0.1, -0.05) is 60.7 Å². The van der Waals surface area contributed by atoms with E-state index in [-0.39, 0.29) is 0 Å². The molecule has 0 aliphatic carbocycles. The van der Waals surface area contributed by atoms with Gasteiger partial charge in [0.15, 0.2) is 0 Å². The summed E-state index contributed by atoms with van der Waals surface area (Å²) in [5, 5.41) is 1.33.